The monoisotopic (exact) mass is 518 g/mol. The molecule has 0 radical (unpaired) electrons. The van der Waals surface area contributed by atoms with Crippen molar-refractivity contribution in [3.05, 3.63) is 64.5 Å². The lowest BCUT2D eigenvalue weighted by molar-refractivity contribution is 0.00624. The maximum atomic E-state index is 13.4. The van der Waals surface area contributed by atoms with Crippen LogP contribution in [0.5, 0.6) is 0 Å². The second kappa shape index (κ2) is 11.4. The first-order valence-electron chi connectivity index (χ1n) is 13.3. The van der Waals surface area contributed by atoms with Crippen LogP contribution in [0.4, 0.5) is 5.82 Å². The van der Waals surface area contributed by atoms with Gasteiger partial charge in [-0.1, -0.05) is 25.0 Å². The molecule has 1 aromatic heterocycles. The van der Waals surface area contributed by atoms with E-state index in [-0.39, 0.29) is 5.69 Å². The van der Waals surface area contributed by atoms with Gasteiger partial charge in [0.1, 0.15) is 11.4 Å². The molecule has 1 aliphatic heterocycles. The van der Waals surface area contributed by atoms with Crippen LogP contribution in [0, 0.1) is 5.92 Å². The van der Waals surface area contributed by atoms with Gasteiger partial charge < -0.3 is 20.5 Å². The zero-order chi connectivity index (χ0) is 27.4. The minimum atomic E-state index is -0.952. The third kappa shape index (κ3) is 6.23. The number of nitrogens with zero attached hydrogens (tertiary/aromatic N) is 3. The zero-order valence-electron chi connectivity index (χ0n) is 22.8. The van der Waals surface area contributed by atoms with Gasteiger partial charge in [-0.25, -0.2) is 14.6 Å². The molecule has 0 atom stereocenters. The van der Waals surface area contributed by atoms with E-state index in [9.17, 15) is 14.7 Å². The summed E-state index contributed by atoms with van der Waals surface area (Å²) in [5.41, 5.74) is 9.61. The number of carboxylic acids is 1. The van der Waals surface area contributed by atoms with Crippen molar-refractivity contribution in [1.82, 2.24) is 4.98 Å². The topological polar surface area (TPSA) is 118 Å². The highest BCUT2D eigenvalue weighted by Crippen LogP contribution is 2.30. The van der Waals surface area contributed by atoms with E-state index in [1.165, 1.54) is 31.9 Å². The summed E-state index contributed by atoms with van der Waals surface area (Å²) in [6.45, 7) is 9.15. The minimum absolute atomic E-state index is 0.168. The molecule has 2 aliphatic rings. The summed E-state index contributed by atoms with van der Waals surface area (Å²) in [6, 6.07) is 9.06. The number of aliphatic imine (C=N–C) groups is 1. The number of hydrogen-bond donors (Lipinski definition) is 2. The Hall–Kier alpha value is -3.68. The number of aromatic nitrogens is 1. The normalized spacial score (nSPS) is 16.9. The maximum absolute atomic E-state index is 13.4. The molecule has 1 aromatic carbocycles. The lowest BCUT2D eigenvalue weighted by Gasteiger charge is -2.31. The summed E-state index contributed by atoms with van der Waals surface area (Å²) in [5, 5.41) is 9.69. The Bertz CT molecular complexity index is 1270. The second-order valence-corrected chi connectivity index (χ2v) is 11.1. The number of fused-ring (bicyclic) bond motifs is 1. The molecule has 0 saturated heterocycles. The molecule has 1 fully saturated rings. The van der Waals surface area contributed by atoms with Crippen molar-refractivity contribution in [2.45, 2.75) is 71.9 Å². The molecule has 4 rings (SSSR count). The Morgan fingerprint density at radius 1 is 1.18 bits per heavy atom. The highest BCUT2D eigenvalue weighted by molar-refractivity contribution is 6.24. The van der Waals surface area contributed by atoms with Crippen molar-refractivity contribution in [2.75, 3.05) is 18.0 Å². The molecule has 8 nitrogen and oxygen atoms in total. The number of ether oxygens (including phenoxy) is 1. The number of benzene rings is 1. The molecular weight excluding hydrogens is 480 g/mol. The standard InChI is InChI=1S/C30H38N4O4/c1-19(32-17-20-8-5-6-9-20)24(16-31)22-12-13-26(33-27(22)29(37)38-30(2,3)4)34-15-14-21-10-7-11-23(28(35)36)25(21)18-34/h7,10-13,16,20H,5-6,8-9,14-15,17-18,31H2,1-4H3,(H,35,36)/b24-16+,32-19?. The average Bonchev–Trinajstić information content (AvgIpc) is 3.40. The van der Waals surface area contributed by atoms with Crippen molar-refractivity contribution in [3.8, 4) is 0 Å². The maximum Gasteiger partial charge on any atom is 0.358 e. The number of nitrogens with two attached hydrogens (primary N) is 1. The molecule has 0 amide bonds. The van der Waals surface area contributed by atoms with Crippen molar-refractivity contribution < 1.29 is 19.4 Å². The fraction of sp³-hybridized carbons (Fsp3) is 0.467. The van der Waals surface area contributed by atoms with Gasteiger partial charge in [0.2, 0.25) is 0 Å². The molecule has 2 aromatic rings. The Morgan fingerprint density at radius 3 is 2.58 bits per heavy atom. The van der Waals surface area contributed by atoms with Crippen LogP contribution < -0.4 is 10.6 Å². The Balaban J connectivity index is 1.70. The number of carbonyl (C=O) groups is 2. The van der Waals surface area contributed by atoms with E-state index in [2.05, 4.69) is 0 Å². The van der Waals surface area contributed by atoms with E-state index >= 15 is 0 Å². The van der Waals surface area contributed by atoms with E-state index < -0.39 is 17.5 Å². The van der Waals surface area contributed by atoms with Crippen LogP contribution in [0.2, 0.25) is 0 Å². The molecule has 202 valence electrons. The molecule has 0 unspecified atom stereocenters. The minimum Gasteiger partial charge on any atom is -0.478 e. The second-order valence-electron chi connectivity index (χ2n) is 11.1. The number of hydrogen-bond acceptors (Lipinski definition) is 7. The average molecular weight is 519 g/mol. The van der Waals surface area contributed by atoms with Crippen molar-refractivity contribution in [3.63, 3.8) is 0 Å². The first kappa shape index (κ1) is 27.4. The molecule has 0 bridgehead atoms. The highest BCUT2D eigenvalue weighted by atomic mass is 16.6. The summed E-state index contributed by atoms with van der Waals surface area (Å²) >= 11 is 0. The smallest absolute Gasteiger partial charge is 0.358 e. The van der Waals surface area contributed by atoms with E-state index in [4.69, 9.17) is 20.4 Å². The van der Waals surface area contributed by atoms with Gasteiger partial charge in [-0.05, 0) is 82.2 Å². The van der Waals surface area contributed by atoms with Gasteiger partial charge >= 0.3 is 11.9 Å². The van der Waals surface area contributed by atoms with E-state index in [1.807, 2.05) is 50.8 Å². The number of allylic oxidation sites excluding steroid dienone is 1. The van der Waals surface area contributed by atoms with E-state index in [1.54, 1.807) is 12.1 Å². The van der Waals surface area contributed by atoms with E-state index in [0.717, 1.165) is 23.4 Å². The van der Waals surface area contributed by atoms with Gasteiger partial charge in [-0.3, -0.25) is 4.99 Å². The molecule has 2 heterocycles. The number of pyridine rings is 1. The van der Waals surface area contributed by atoms with Gasteiger partial charge in [0.25, 0.3) is 0 Å². The SMILES string of the molecule is CC(=NCC1CCCC1)/C(=C\N)c1ccc(N2CCc3cccc(C(=O)O)c3C2)nc1C(=O)OC(C)(C)C. The summed E-state index contributed by atoms with van der Waals surface area (Å²) < 4.78 is 5.72. The van der Waals surface area contributed by atoms with Crippen molar-refractivity contribution in [2.24, 2.45) is 16.6 Å². The Labute approximate surface area is 224 Å². The first-order chi connectivity index (χ1) is 18.1. The fourth-order valence-electron chi connectivity index (χ4n) is 5.25. The number of esters is 1. The molecule has 1 aliphatic carbocycles. The van der Waals surface area contributed by atoms with Gasteiger partial charge in [-0.2, -0.15) is 0 Å². The summed E-state index contributed by atoms with van der Waals surface area (Å²) in [6.07, 6.45) is 7.06. The quantitative estimate of drug-likeness (QED) is 0.380. The number of carbonyl (C=O) groups excluding carboxylic acids is 1. The van der Waals surface area contributed by atoms with Crippen LogP contribution in [-0.2, 0) is 17.7 Å². The van der Waals surface area contributed by atoms with Crippen LogP contribution in [0.1, 0.15) is 90.9 Å². The molecular formula is C30H38N4O4. The summed E-state index contributed by atoms with van der Waals surface area (Å²) in [4.78, 5) is 36.8. The van der Waals surface area contributed by atoms with Crippen molar-refractivity contribution in [1.29, 1.82) is 0 Å². The lowest BCUT2D eigenvalue weighted by Crippen LogP contribution is -2.33. The van der Waals surface area contributed by atoms with Crippen LogP contribution in [0.25, 0.3) is 5.57 Å². The third-order valence-corrected chi connectivity index (χ3v) is 7.21. The molecule has 8 heteroatoms. The van der Waals surface area contributed by atoms with Crippen LogP contribution in [0.15, 0.2) is 41.5 Å². The largest absolute Gasteiger partial charge is 0.478 e. The number of rotatable bonds is 7. The molecule has 38 heavy (non-hydrogen) atoms. The predicted octanol–water partition coefficient (Wildman–Crippen LogP) is 5.25. The molecule has 1 saturated carbocycles. The molecule has 3 N–H and O–H groups in total. The van der Waals surface area contributed by atoms with Gasteiger partial charge in [-0.15, -0.1) is 0 Å². The number of carboxylic acid groups (broad SMARTS) is 1. The van der Waals surface area contributed by atoms with Gasteiger partial charge in [0.15, 0.2) is 5.69 Å². The van der Waals surface area contributed by atoms with Gasteiger partial charge in [0, 0.05) is 42.7 Å². The number of aromatic carboxylic acids is 1. The number of anilines is 1. The summed E-state index contributed by atoms with van der Waals surface area (Å²) in [7, 11) is 0. The third-order valence-electron chi connectivity index (χ3n) is 7.21. The zero-order valence-corrected chi connectivity index (χ0v) is 22.8. The molecule has 0 spiro atoms. The van der Waals surface area contributed by atoms with Crippen LogP contribution >= 0.6 is 0 Å². The summed E-state index contributed by atoms with van der Waals surface area (Å²) in [5.74, 6) is -0.322. The Kier molecular flexibility index (Phi) is 8.19. The van der Waals surface area contributed by atoms with Crippen molar-refractivity contribution >= 4 is 29.0 Å². The first-order valence-corrected chi connectivity index (χ1v) is 13.3. The highest BCUT2D eigenvalue weighted by Gasteiger charge is 2.27. The lowest BCUT2D eigenvalue weighted by atomic mass is 9.94. The van der Waals surface area contributed by atoms with Crippen LogP contribution in [0.3, 0.4) is 0 Å². The fourth-order valence-corrected chi connectivity index (χ4v) is 5.25. The predicted molar refractivity (Wildman–Crippen MR) is 150 cm³/mol. The van der Waals surface area contributed by atoms with Gasteiger partial charge in [0.05, 0.1) is 5.56 Å². The van der Waals surface area contributed by atoms with E-state index in [0.29, 0.717) is 47.9 Å². The Morgan fingerprint density at radius 2 is 1.92 bits per heavy atom. The van der Waals surface area contributed by atoms with Crippen LogP contribution in [-0.4, -0.2) is 46.4 Å².